The fourth-order valence-corrected chi connectivity index (χ4v) is 3.67. The van der Waals surface area contributed by atoms with Crippen molar-refractivity contribution in [3.8, 4) is 0 Å². The minimum Gasteiger partial charge on any atom is -0.312 e. The Morgan fingerprint density at radius 1 is 1.08 bits per heavy atom. The maximum atomic E-state index is 13.7. The summed E-state index contributed by atoms with van der Waals surface area (Å²) in [6.07, 6.45) is 1.20. The normalized spacial score (nSPS) is 14.9. The van der Waals surface area contributed by atoms with Gasteiger partial charge in [-0.2, -0.15) is 0 Å². The van der Waals surface area contributed by atoms with Gasteiger partial charge in [0, 0.05) is 24.7 Å². The largest absolute Gasteiger partial charge is 0.312 e. The van der Waals surface area contributed by atoms with Crippen LogP contribution in [0.25, 0.3) is 0 Å². The highest BCUT2D eigenvalue weighted by Crippen LogP contribution is 2.26. The van der Waals surface area contributed by atoms with Crippen LogP contribution in [-0.4, -0.2) is 20.9 Å². The van der Waals surface area contributed by atoms with Gasteiger partial charge in [-0.15, -0.1) is 0 Å². The van der Waals surface area contributed by atoms with E-state index in [2.05, 4.69) is 4.72 Å². The van der Waals surface area contributed by atoms with Crippen molar-refractivity contribution in [1.82, 2.24) is 0 Å². The summed E-state index contributed by atoms with van der Waals surface area (Å²) in [5.41, 5.74) is 0.758. The third-order valence-electron chi connectivity index (χ3n) is 3.67. The molecule has 0 bridgehead atoms. The van der Waals surface area contributed by atoms with Crippen LogP contribution in [-0.2, 0) is 14.8 Å². The van der Waals surface area contributed by atoms with Crippen LogP contribution in [0.4, 0.5) is 20.2 Å². The third kappa shape index (κ3) is 3.23. The van der Waals surface area contributed by atoms with E-state index in [9.17, 15) is 22.0 Å². The Bertz CT molecular complexity index is 900. The Hall–Kier alpha value is -2.48. The Morgan fingerprint density at radius 2 is 1.88 bits per heavy atom. The van der Waals surface area contributed by atoms with Gasteiger partial charge in [-0.3, -0.25) is 9.52 Å². The molecule has 0 aromatic heterocycles. The highest BCUT2D eigenvalue weighted by Gasteiger charge is 2.23. The van der Waals surface area contributed by atoms with Gasteiger partial charge in [-0.1, -0.05) is 6.07 Å². The van der Waals surface area contributed by atoms with Gasteiger partial charge >= 0.3 is 0 Å². The first-order valence-corrected chi connectivity index (χ1v) is 8.73. The zero-order valence-corrected chi connectivity index (χ0v) is 13.3. The number of rotatable bonds is 4. The summed E-state index contributed by atoms with van der Waals surface area (Å²) in [5.74, 6) is -2.06. The number of hydrogen-bond donors (Lipinski definition) is 1. The van der Waals surface area contributed by atoms with Crippen LogP contribution in [0.3, 0.4) is 0 Å². The SMILES string of the molecule is O=C1CCCN1c1cccc(NS(=O)(=O)c2ccc(F)cc2F)c1. The number of halogens is 2. The average Bonchev–Trinajstić information content (AvgIpc) is 2.92. The molecule has 0 spiro atoms. The van der Waals surface area contributed by atoms with E-state index in [-0.39, 0.29) is 11.6 Å². The molecule has 2 aromatic rings. The molecular formula is C16H14F2N2O3S. The number of amides is 1. The number of hydrogen-bond acceptors (Lipinski definition) is 3. The minimum absolute atomic E-state index is 0.0282. The molecule has 0 unspecified atom stereocenters. The van der Waals surface area contributed by atoms with Gasteiger partial charge in [-0.05, 0) is 36.8 Å². The lowest BCUT2D eigenvalue weighted by Crippen LogP contribution is -2.23. The van der Waals surface area contributed by atoms with E-state index in [4.69, 9.17) is 0 Å². The van der Waals surface area contributed by atoms with Gasteiger partial charge < -0.3 is 4.90 Å². The van der Waals surface area contributed by atoms with Crippen LogP contribution < -0.4 is 9.62 Å². The first-order chi connectivity index (χ1) is 11.4. The fourth-order valence-electron chi connectivity index (χ4n) is 2.56. The smallest absolute Gasteiger partial charge is 0.264 e. The molecule has 1 saturated heterocycles. The van der Waals surface area contributed by atoms with E-state index in [1.165, 1.54) is 12.1 Å². The molecule has 0 radical (unpaired) electrons. The van der Waals surface area contributed by atoms with Gasteiger partial charge in [0.1, 0.15) is 16.5 Å². The summed E-state index contributed by atoms with van der Waals surface area (Å²) in [5, 5.41) is 0. The second-order valence-corrected chi connectivity index (χ2v) is 7.03. The van der Waals surface area contributed by atoms with E-state index in [0.717, 1.165) is 18.6 Å². The van der Waals surface area contributed by atoms with Crippen molar-refractivity contribution in [3.05, 3.63) is 54.1 Å². The highest BCUT2D eigenvalue weighted by atomic mass is 32.2. The molecule has 126 valence electrons. The van der Waals surface area contributed by atoms with E-state index < -0.39 is 26.6 Å². The van der Waals surface area contributed by atoms with E-state index >= 15 is 0 Å². The van der Waals surface area contributed by atoms with Crippen molar-refractivity contribution >= 4 is 27.3 Å². The second-order valence-electron chi connectivity index (χ2n) is 5.38. The molecule has 1 aliphatic heterocycles. The Morgan fingerprint density at radius 3 is 2.54 bits per heavy atom. The molecule has 1 heterocycles. The molecule has 8 heteroatoms. The van der Waals surface area contributed by atoms with Crippen LogP contribution >= 0.6 is 0 Å². The molecule has 0 aliphatic carbocycles. The standard InChI is InChI=1S/C16H14F2N2O3S/c17-11-6-7-15(14(18)9-11)24(22,23)19-12-3-1-4-13(10-12)20-8-2-5-16(20)21/h1,3-4,6-7,9-10,19H,2,5,8H2. The fraction of sp³-hybridized carbons (Fsp3) is 0.188. The molecule has 24 heavy (non-hydrogen) atoms. The van der Waals surface area contributed by atoms with Crippen LogP contribution in [0, 0.1) is 11.6 Å². The molecular weight excluding hydrogens is 338 g/mol. The van der Waals surface area contributed by atoms with Gasteiger partial charge in [0.2, 0.25) is 5.91 Å². The van der Waals surface area contributed by atoms with Crippen molar-refractivity contribution in [1.29, 1.82) is 0 Å². The molecule has 2 aromatic carbocycles. The maximum Gasteiger partial charge on any atom is 0.264 e. The second kappa shape index (κ2) is 6.20. The molecule has 3 rings (SSSR count). The quantitative estimate of drug-likeness (QED) is 0.920. The maximum absolute atomic E-state index is 13.7. The van der Waals surface area contributed by atoms with Gasteiger partial charge in [-0.25, -0.2) is 17.2 Å². The van der Waals surface area contributed by atoms with E-state index in [1.54, 1.807) is 17.0 Å². The number of nitrogens with one attached hydrogen (secondary N) is 1. The average molecular weight is 352 g/mol. The van der Waals surface area contributed by atoms with Crippen molar-refractivity contribution < 1.29 is 22.0 Å². The third-order valence-corrected chi connectivity index (χ3v) is 5.08. The zero-order chi connectivity index (χ0) is 17.3. The first-order valence-electron chi connectivity index (χ1n) is 7.25. The zero-order valence-electron chi connectivity index (χ0n) is 12.5. The molecule has 0 atom stereocenters. The molecule has 1 fully saturated rings. The molecule has 1 aliphatic rings. The van der Waals surface area contributed by atoms with E-state index in [1.807, 2.05) is 0 Å². The lowest BCUT2D eigenvalue weighted by atomic mass is 10.2. The number of sulfonamides is 1. The lowest BCUT2D eigenvalue weighted by molar-refractivity contribution is -0.117. The summed E-state index contributed by atoms with van der Waals surface area (Å²) >= 11 is 0. The summed E-state index contributed by atoms with van der Waals surface area (Å²) in [7, 11) is -4.21. The van der Waals surface area contributed by atoms with Crippen LogP contribution in [0.2, 0.25) is 0 Å². The summed E-state index contributed by atoms with van der Waals surface area (Å²) in [4.78, 5) is 12.7. The Balaban J connectivity index is 1.89. The lowest BCUT2D eigenvalue weighted by Gasteiger charge is -2.17. The van der Waals surface area contributed by atoms with Crippen molar-refractivity contribution in [2.24, 2.45) is 0 Å². The summed E-state index contributed by atoms with van der Waals surface area (Å²) in [6.45, 7) is 0.571. The summed E-state index contributed by atoms with van der Waals surface area (Å²) in [6, 6.07) is 8.52. The van der Waals surface area contributed by atoms with Crippen molar-refractivity contribution in [3.63, 3.8) is 0 Å². The summed E-state index contributed by atoms with van der Waals surface area (Å²) < 4.78 is 53.4. The van der Waals surface area contributed by atoms with Crippen LogP contribution in [0.1, 0.15) is 12.8 Å². The number of nitrogens with zero attached hydrogens (tertiary/aromatic N) is 1. The number of carbonyl (C=O) groups excluding carboxylic acids is 1. The van der Waals surface area contributed by atoms with Crippen LogP contribution in [0.5, 0.6) is 0 Å². The minimum atomic E-state index is -4.21. The molecule has 1 N–H and O–H groups in total. The highest BCUT2D eigenvalue weighted by molar-refractivity contribution is 7.92. The van der Waals surface area contributed by atoms with Crippen LogP contribution in [0.15, 0.2) is 47.4 Å². The molecule has 0 saturated carbocycles. The van der Waals surface area contributed by atoms with E-state index in [0.29, 0.717) is 24.7 Å². The monoisotopic (exact) mass is 352 g/mol. The first kappa shape index (κ1) is 16.4. The predicted octanol–water partition coefficient (Wildman–Crippen LogP) is 2.89. The number of anilines is 2. The Labute approximate surface area is 138 Å². The number of benzene rings is 2. The van der Waals surface area contributed by atoms with Crippen molar-refractivity contribution in [2.75, 3.05) is 16.2 Å². The van der Waals surface area contributed by atoms with Crippen molar-refractivity contribution in [2.45, 2.75) is 17.7 Å². The molecule has 1 amide bonds. The predicted molar refractivity (Wildman–Crippen MR) is 85.2 cm³/mol. The van der Waals surface area contributed by atoms with Gasteiger partial charge in [0.25, 0.3) is 10.0 Å². The van der Waals surface area contributed by atoms with Gasteiger partial charge in [0.15, 0.2) is 0 Å². The Kier molecular flexibility index (Phi) is 4.23. The van der Waals surface area contributed by atoms with Gasteiger partial charge in [0.05, 0.1) is 5.69 Å². The number of carbonyl (C=O) groups is 1. The molecule has 5 nitrogen and oxygen atoms in total. The topological polar surface area (TPSA) is 66.5 Å².